The number of anilines is 1. The maximum Gasteiger partial charge on any atom is 0.416 e. The van der Waals surface area contributed by atoms with Crippen LogP contribution in [0.1, 0.15) is 32.0 Å². The molecule has 250 valence electrons. The third kappa shape index (κ3) is 7.40. The first-order chi connectivity index (χ1) is 22.5. The Bertz CT molecular complexity index is 1900. The molecule has 0 spiro atoms. The fourth-order valence-electron chi connectivity index (χ4n) is 5.57. The third-order valence-corrected chi connectivity index (χ3v) is 8.33. The van der Waals surface area contributed by atoms with Gasteiger partial charge in [0.1, 0.15) is 17.2 Å². The van der Waals surface area contributed by atoms with Gasteiger partial charge >= 0.3 is 6.18 Å². The number of ether oxygens (including phenoxy) is 1. The van der Waals surface area contributed by atoms with Crippen molar-refractivity contribution in [2.75, 3.05) is 38.1 Å². The first-order valence-corrected chi connectivity index (χ1v) is 14.9. The summed E-state index contributed by atoms with van der Waals surface area (Å²) in [6.45, 7) is 3.48. The number of halogens is 4. The molecule has 48 heavy (non-hydrogen) atoms. The van der Waals surface area contributed by atoms with Crippen LogP contribution >= 0.6 is 12.4 Å². The smallest absolute Gasteiger partial charge is 0.416 e. The molecule has 1 fully saturated rings. The van der Waals surface area contributed by atoms with Crippen molar-refractivity contribution in [3.63, 3.8) is 0 Å². The number of carbonyl (C=O) groups is 2. The summed E-state index contributed by atoms with van der Waals surface area (Å²) < 4.78 is 46.4. The minimum Gasteiger partial charge on any atom is -0.508 e. The lowest BCUT2D eigenvalue weighted by Crippen LogP contribution is -2.48. The van der Waals surface area contributed by atoms with Crippen LogP contribution in [0.2, 0.25) is 0 Å². The molecule has 0 aliphatic carbocycles. The molecule has 0 radical (unpaired) electrons. The summed E-state index contributed by atoms with van der Waals surface area (Å²) in [5.41, 5.74) is 2.22. The summed E-state index contributed by atoms with van der Waals surface area (Å²) in [6.07, 6.45) is -3.04. The van der Waals surface area contributed by atoms with Gasteiger partial charge in [0.25, 0.3) is 11.8 Å². The second kappa shape index (κ2) is 14.0. The summed E-state index contributed by atoms with van der Waals surface area (Å²) >= 11 is 0. The predicted molar refractivity (Wildman–Crippen MR) is 178 cm³/mol. The van der Waals surface area contributed by atoms with Gasteiger partial charge in [0, 0.05) is 69.9 Å². The summed E-state index contributed by atoms with van der Waals surface area (Å²) in [5, 5.41) is 10.4. The number of phenolic OH excluding ortho intramolecular Hbond substituents is 1. The molecule has 3 heterocycles. The molecule has 1 N–H and O–H groups in total. The van der Waals surface area contributed by atoms with Crippen molar-refractivity contribution < 1.29 is 32.6 Å². The van der Waals surface area contributed by atoms with Crippen LogP contribution in [0, 0.1) is 0 Å². The summed E-state index contributed by atoms with van der Waals surface area (Å²) in [4.78, 5) is 36.1. The number of fused-ring (bicyclic) bond motifs is 1. The molecular formula is C35H33ClF3N5O4. The fourth-order valence-corrected chi connectivity index (χ4v) is 5.57. The van der Waals surface area contributed by atoms with Crippen molar-refractivity contribution in [2.24, 2.45) is 7.05 Å². The number of piperazine rings is 1. The highest BCUT2D eigenvalue weighted by atomic mass is 35.5. The molecule has 0 atom stereocenters. The van der Waals surface area contributed by atoms with E-state index in [9.17, 15) is 27.9 Å². The SMILES string of the molecule is CN(C(=O)c1ccc(C(F)(F)F)cc1)c1ccc(Oc2ccc3cc(C(=O)N4CCN(Cc5ccc(O)cc5)CC4)n(C)c3c2)nc1.Cl. The number of pyridine rings is 1. The highest BCUT2D eigenvalue weighted by Crippen LogP contribution is 2.30. The van der Waals surface area contributed by atoms with Crippen LogP contribution in [0.5, 0.6) is 17.4 Å². The zero-order valence-electron chi connectivity index (χ0n) is 26.1. The highest BCUT2D eigenvalue weighted by Gasteiger charge is 2.30. The van der Waals surface area contributed by atoms with Crippen LogP contribution in [0.3, 0.4) is 0 Å². The van der Waals surface area contributed by atoms with Crippen molar-refractivity contribution >= 4 is 40.8 Å². The quantitative estimate of drug-likeness (QED) is 0.205. The lowest BCUT2D eigenvalue weighted by Gasteiger charge is -2.34. The van der Waals surface area contributed by atoms with Gasteiger partial charge in [0.2, 0.25) is 5.88 Å². The van der Waals surface area contributed by atoms with E-state index in [2.05, 4.69) is 9.88 Å². The number of aromatic nitrogens is 2. The van der Waals surface area contributed by atoms with Crippen molar-refractivity contribution in [1.82, 2.24) is 19.4 Å². The molecule has 5 aromatic rings. The summed E-state index contributed by atoms with van der Waals surface area (Å²) in [7, 11) is 3.36. The molecule has 6 rings (SSSR count). The van der Waals surface area contributed by atoms with E-state index in [0.717, 1.165) is 60.4 Å². The number of hydrogen-bond donors (Lipinski definition) is 1. The third-order valence-electron chi connectivity index (χ3n) is 8.33. The molecule has 9 nitrogen and oxygen atoms in total. The van der Waals surface area contributed by atoms with Crippen LogP contribution in [-0.2, 0) is 19.8 Å². The average Bonchev–Trinajstić information content (AvgIpc) is 3.40. The van der Waals surface area contributed by atoms with E-state index >= 15 is 0 Å². The number of alkyl halides is 3. The molecule has 1 saturated heterocycles. The van der Waals surface area contributed by atoms with E-state index in [1.54, 1.807) is 30.3 Å². The first-order valence-electron chi connectivity index (χ1n) is 14.9. The van der Waals surface area contributed by atoms with E-state index in [0.29, 0.717) is 30.2 Å². The summed E-state index contributed by atoms with van der Waals surface area (Å²) in [6, 6.07) is 21.8. The summed E-state index contributed by atoms with van der Waals surface area (Å²) in [5.74, 6) is 0.506. The van der Waals surface area contributed by atoms with Gasteiger partial charge in [0.05, 0.1) is 23.0 Å². The van der Waals surface area contributed by atoms with E-state index in [-0.39, 0.29) is 35.5 Å². The Hall–Kier alpha value is -5.07. The standard InChI is InChI=1S/C35H32F3N5O4.ClH/c1-40(33(45)24-5-8-26(9-6-24)35(36,37)38)27-10-14-32(39-21-27)47-29-13-7-25-19-31(41(2)30(25)20-29)34(46)43-17-15-42(16-18-43)22-23-3-11-28(44)12-4-23;/h3-14,19-21,44H,15-18,22H2,1-2H3;1H. The maximum absolute atomic E-state index is 13.5. The number of hydrogen-bond acceptors (Lipinski definition) is 6. The van der Waals surface area contributed by atoms with E-state index in [1.807, 2.05) is 46.8 Å². The lowest BCUT2D eigenvalue weighted by molar-refractivity contribution is -0.137. The topological polar surface area (TPSA) is 91.1 Å². The normalized spacial score (nSPS) is 13.6. The predicted octanol–water partition coefficient (Wildman–Crippen LogP) is 6.75. The van der Waals surface area contributed by atoms with Crippen molar-refractivity contribution in [3.8, 4) is 17.4 Å². The van der Waals surface area contributed by atoms with E-state index < -0.39 is 17.6 Å². The average molecular weight is 680 g/mol. The minimum atomic E-state index is -4.48. The molecule has 1 aliphatic heterocycles. The Morgan fingerprint density at radius 1 is 0.917 bits per heavy atom. The molecule has 3 aromatic carbocycles. The number of rotatable bonds is 7. The number of carbonyl (C=O) groups excluding carboxylic acids is 2. The Kier molecular flexibility index (Phi) is 9.97. The maximum atomic E-state index is 13.5. The van der Waals surface area contributed by atoms with E-state index in [1.165, 1.54) is 18.1 Å². The zero-order valence-corrected chi connectivity index (χ0v) is 27.0. The van der Waals surface area contributed by atoms with Gasteiger partial charge in [-0.1, -0.05) is 12.1 Å². The Balaban J connectivity index is 0.00000451. The molecule has 2 amide bonds. The first kappa shape index (κ1) is 34.3. The van der Waals surface area contributed by atoms with Crippen molar-refractivity contribution in [1.29, 1.82) is 0 Å². The second-order valence-electron chi connectivity index (χ2n) is 11.4. The van der Waals surface area contributed by atoms with Crippen molar-refractivity contribution in [2.45, 2.75) is 12.7 Å². The van der Waals surface area contributed by atoms with Gasteiger partial charge in [-0.2, -0.15) is 13.2 Å². The molecule has 0 saturated carbocycles. The second-order valence-corrected chi connectivity index (χ2v) is 11.4. The monoisotopic (exact) mass is 679 g/mol. The van der Waals surface area contributed by atoms with Crippen LogP contribution in [0.25, 0.3) is 10.9 Å². The van der Waals surface area contributed by atoms with Gasteiger partial charge in [-0.3, -0.25) is 14.5 Å². The number of aryl methyl sites for hydroxylation is 1. The van der Waals surface area contributed by atoms with Gasteiger partial charge in [-0.05, 0) is 66.2 Å². The molecule has 0 unspecified atom stereocenters. The highest BCUT2D eigenvalue weighted by molar-refractivity contribution is 6.05. The number of benzene rings is 3. The van der Waals surface area contributed by atoms with Gasteiger partial charge in [-0.25, -0.2) is 4.98 Å². The van der Waals surface area contributed by atoms with Crippen LogP contribution in [0.15, 0.2) is 91.1 Å². The van der Waals surface area contributed by atoms with Crippen molar-refractivity contribution in [3.05, 3.63) is 114 Å². The van der Waals surface area contributed by atoms with Gasteiger partial charge < -0.3 is 24.2 Å². The molecule has 2 aromatic heterocycles. The Morgan fingerprint density at radius 3 is 2.23 bits per heavy atom. The van der Waals surface area contributed by atoms with Gasteiger partial charge in [-0.15, -0.1) is 12.4 Å². The molecule has 1 aliphatic rings. The Morgan fingerprint density at radius 2 is 1.60 bits per heavy atom. The largest absolute Gasteiger partial charge is 0.508 e. The number of nitrogens with zero attached hydrogens (tertiary/aromatic N) is 5. The minimum absolute atomic E-state index is 0. The van der Waals surface area contributed by atoms with Crippen LogP contribution in [-0.4, -0.2) is 69.5 Å². The Labute approximate surface area is 281 Å². The lowest BCUT2D eigenvalue weighted by atomic mass is 10.1. The number of phenols is 1. The molecule has 0 bridgehead atoms. The molecular weight excluding hydrogens is 647 g/mol. The number of amides is 2. The number of aromatic hydroxyl groups is 1. The van der Waals surface area contributed by atoms with E-state index in [4.69, 9.17) is 4.74 Å². The zero-order chi connectivity index (χ0) is 33.3. The van der Waals surface area contributed by atoms with Crippen LogP contribution < -0.4 is 9.64 Å². The van der Waals surface area contributed by atoms with Crippen LogP contribution in [0.4, 0.5) is 18.9 Å². The molecule has 13 heteroatoms. The fraction of sp³-hybridized carbons (Fsp3) is 0.229. The van der Waals surface area contributed by atoms with Gasteiger partial charge in [0.15, 0.2) is 0 Å².